The average Bonchev–Trinajstić information content (AvgIpc) is 2.69. The number of aromatic hydroxyl groups is 2. The molecule has 0 aliphatic rings. The summed E-state index contributed by atoms with van der Waals surface area (Å²) >= 11 is 0. The Bertz CT molecular complexity index is 632. The maximum atomic E-state index is 10.3. The summed E-state index contributed by atoms with van der Waals surface area (Å²) in [4.78, 5) is 20.6. The van der Waals surface area contributed by atoms with Gasteiger partial charge in [0.1, 0.15) is 0 Å². The Morgan fingerprint density at radius 1 is 0.808 bits per heavy atom. The lowest BCUT2D eigenvalue weighted by molar-refractivity contribution is 0.111. The van der Waals surface area contributed by atoms with Gasteiger partial charge in [0.2, 0.25) is 0 Å². The van der Waals surface area contributed by atoms with E-state index >= 15 is 0 Å². The molecule has 0 saturated carbocycles. The number of benzene rings is 2. The van der Waals surface area contributed by atoms with Crippen molar-refractivity contribution in [1.82, 2.24) is 0 Å². The number of aldehydes is 2. The molecule has 2 aromatic rings. The highest BCUT2D eigenvalue weighted by molar-refractivity contribution is 5.81. The van der Waals surface area contributed by atoms with Crippen LogP contribution < -0.4 is 20.9 Å². The summed E-state index contributed by atoms with van der Waals surface area (Å²) in [5, 5.41) is 18.5. The van der Waals surface area contributed by atoms with Crippen molar-refractivity contribution in [2.75, 3.05) is 27.3 Å². The SMILES string of the molecule is COc1cccc(C=O)c1O.COc1cccc(C=O)c1O.NCCN. The first-order valence-electron chi connectivity index (χ1n) is 7.53. The van der Waals surface area contributed by atoms with E-state index in [4.69, 9.17) is 20.9 Å². The molecule has 0 bridgehead atoms. The summed E-state index contributed by atoms with van der Waals surface area (Å²) in [7, 11) is 2.87. The van der Waals surface area contributed by atoms with Crippen molar-refractivity contribution in [1.29, 1.82) is 0 Å². The summed E-state index contributed by atoms with van der Waals surface area (Å²) in [5.41, 5.74) is 10.3. The van der Waals surface area contributed by atoms with E-state index in [1.807, 2.05) is 0 Å². The van der Waals surface area contributed by atoms with Gasteiger partial charge < -0.3 is 31.2 Å². The van der Waals surface area contributed by atoms with Crippen LogP contribution in [-0.2, 0) is 0 Å². The summed E-state index contributed by atoms with van der Waals surface area (Å²) in [6.07, 6.45) is 1.16. The molecule has 0 heterocycles. The molecular formula is C18H24N2O6. The second-order valence-corrected chi connectivity index (χ2v) is 4.61. The Kier molecular flexibility index (Phi) is 11.6. The number of hydrogen-bond acceptors (Lipinski definition) is 8. The van der Waals surface area contributed by atoms with Gasteiger partial charge in [-0.2, -0.15) is 0 Å². The first-order chi connectivity index (χ1) is 12.5. The number of carbonyl (C=O) groups excluding carboxylic acids is 2. The maximum absolute atomic E-state index is 10.3. The van der Waals surface area contributed by atoms with E-state index in [0.29, 0.717) is 37.2 Å². The average molecular weight is 364 g/mol. The zero-order valence-electron chi connectivity index (χ0n) is 14.7. The number of phenolic OH excluding ortho intramolecular Hbond substituents is 2. The molecule has 2 rings (SSSR count). The van der Waals surface area contributed by atoms with Crippen LogP contribution in [-0.4, -0.2) is 50.1 Å². The van der Waals surface area contributed by atoms with Crippen molar-refractivity contribution in [3.63, 3.8) is 0 Å². The van der Waals surface area contributed by atoms with E-state index in [1.54, 1.807) is 24.3 Å². The monoisotopic (exact) mass is 364 g/mol. The highest BCUT2D eigenvalue weighted by Crippen LogP contribution is 2.28. The van der Waals surface area contributed by atoms with Gasteiger partial charge >= 0.3 is 0 Å². The van der Waals surface area contributed by atoms with E-state index in [0.717, 1.165) is 0 Å². The molecule has 0 radical (unpaired) electrons. The third-order valence-electron chi connectivity index (χ3n) is 2.92. The van der Waals surface area contributed by atoms with E-state index in [9.17, 15) is 19.8 Å². The highest BCUT2D eigenvalue weighted by Gasteiger charge is 2.05. The van der Waals surface area contributed by atoms with Gasteiger partial charge in [0.15, 0.2) is 35.6 Å². The van der Waals surface area contributed by atoms with E-state index in [2.05, 4.69) is 0 Å². The van der Waals surface area contributed by atoms with Gasteiger partial charge in [-0.05, 0) is 24.3 Å². The van der Waals surface area contributed by atoms with Crippen LogP contribution in [0, 0.1) is 0 Å². The molecule has 0 unspecified atom stereocenters. The van der Waals surface area contributed by atoms with Gasteiger partial charge in [-0.1, -0.05) is 12.1 Å². The van der Waals surface area contributed by atoms with Crippen LogP contribution in [0.2, 0.25) is 0 Å². The van der Waals surface area contributed by atoms with Gasteiger partial charge in [0.05, 0.1) is 25.3 Å². The number of para-hydroxylation sites is 2. The van der Waals surface area contributed by atoms with Crippen molar-refractivity contribution in [2.45, 2.75) is 0 Å². The molecule has 8 nitrogen and oxygen atoms in total. The van der Waals surface area contributed by atoms with Crippen molar-refractivity contribution in [2.24, 2.45) is 11.5 Å². The first kappa shape index (κ1) is 22.9. The van der Waals surface area contributed by atoms with Crippen LogP contribution >= 0.6 is 0 Å². The molecule has 0 saturated heterocycles. The lowest BCUT2D eigenvalue weighted by Crippen LogP contribution is -2.11. The number of methoxy groups -OCH3 is 2. The molecule has 0 fully saturated rings. The molecule has 0 spiro atoms. The Hall–Kier alpha value is -3.10. The molecule has 0 atom stereocenters. The second-order valence-electron chi connectivity index (χ2n) is 4.61. The lowest BCUT2D eigenvalue weighted by Gasteiger charge is -2.02. The Morgan fingerprint density at radius 2 is 1.15 bits per heavy atom. The van der Waals surface area contributed by atoms with E-state index in [1.165, 1.54) is 26.4 Å². The highest BCUT2D eigenvalue weighted by atomic mass is 16.5. The molecule has 0 aromatic heterocycles. The molecule has 0 aliphatic carbocycles. The number of carbonyl (C=O) groups is 2. The molecule has 26 heavy (non-hydrogen) atoms. The molecule has 142 valence electrons. The third kappa shape index (κ3) is 7.20. The van der Waals surface area contributed by atoms with Gasteiger partial charge in [-0.3, -0.25) is 9.59 Å². The number of hydrogen-bond donors (Lipinski definition) is 4. The quantitative estimate of drug-likeness (QED) is 0.581. The van der Waals surface area contributed by atoms with Crippen LogP contribution in [0.3, 0.4) is 0 Å². The van der Waals surface area contributed by atoms with Gasteiger partial charge in [0, 0.05) is 13.1 Å². The number of nitrogens with two attached hydrogens (primary N) is 2. The summed E-state index contributed by atoms with van der Waals surface area (Å²) < 4.78 is 9.56. The Morgan fingerprint density at radius 3 is 1.38 bits per heavy atom. The zero-order chi connectivity index (χ0) is 19.9. The summed E-state index contributed by atoms with van der Waals surface area (Å²) in [6, 6.07) is 9.49. The standard InChI is InChI=1S/2C8H8O3.C2H8N2/c2*1-11-7-4-2-3-6(5-9)8(7)10;3-1-2-4/h2*2-5,10H,1H3;1-4H2. The zero-order valence-corrected chi connectivity index (χ0v) is 14.7. The van der Waals surface area contributed by atoms with Crippen molar-refractivity contribution < 1.29 is 29.3 Å². The van der Waals surface area contributed by atoms with E-state index in [-0.39, 0.29) is 22.6 Å². The van der Waals surface area contributed by atoms with Crippen LogP contribution in [0.25, 0.3) is 0 Å². The van der Waals surface area contributed by atoms with Crippen molar-refractivity contribution in [3.8, 4) is 23.0 Å². The Labute approximate surface area is 152 Å². The van der Waals surface area contributed by atoms with Crippen LogP contribution in [0.5, 0.6) is 23.0 Å². The predicted octanol–water partition coefficient (Wildman–Crippen LogP) is 1.33. The molecule has 6 N–H and O–H groups in total. The third-order valence-corrected chi connectivity index (χ3v) is 2.92. The smallest absolute Gasteiger partial charge is 0.168 e. The lowest BCUT2D eigenvalue weighted by atomic mass is 10.2. The van der Waals surface area contributed by atoms with Crippen LogP contribution in [0.15, 0.2) is 36.4 Å². The molecule has 0 amide bonds. The number of ether oxygens (including phenoxy) is 2. The topological polar surface area (TPSA) is 145 Å². The fraction of sp³-hybridized carbons (Fsp3) is 0.222. The number of phenols is 2. The van der Waals surface area contributed by atoms with Gasteiger partial charge in [-0.25, -0.2) is 0 Å². The fourth-order valence-corrected chi connectivity index (χ4v) is 1.60. The maximum Gasteiger partial charge on any atom is 0.168 e. The second kappa shape index (κ2) is 13.2. The minimum atomic E-state index is -0.106. The van der Waals surface area contributed by atoms with Crippen LogP contribution in [0.1, 0.15) is 20.7 Å². The van der Waals surface area contributed by atoms with E-state index < -0.39 is 0 Å². The van der Waals surface area contributed by atoms with Gasteiger partial charge in [0.25, 0.3) is 0 Å². The molecule has 8 heteroatoms. The van der Waals surface area contributed by atoms with Gasteiger partial charge in [-0.15, -0.1) is 0 Å². The molecular weight excluding hydrogens is 340 g/mol. The molecule has 2 aromatic carbocycles. The predicted molar refractivity (Wildman–Crippen MR) is 98.2 cm³/mol. The summed E-state index contributed by atoms with van der Waals surface area (Å²) in [5.74, 6) is 0.416. The largest absolute Gasteiger partial charge is 0.504 e. The Balaban J connectivity index is 0.000000401. The fourth-order valence-electron chi connectivity index (χ4n) is 1.60. The minimum absolute atomic E-state index is 0.106. The first-order valence-corrected chi connectivity index (χ1v) is 7.53. The minimum Gasteiger partial charge on any atom is -0.504 e. The van der Waals surface area contributed by atoms with Crippen molar-refractivity contribution in [3.05, 3.63) is 47.5 Å². The number of rotatable bonds is 5. The molecule has 0 aliphatic heterocycles. The van der Waals surface area contributed by atoms with Crippen LogP contribution in [0.4, 0.5) is 0 Å². The van der Waals surface area contributed by atoms with Crippen molar-refractivity contribution >= 4 is 12.6 Å². The summed E-state index contributed by atoms with van der Waals surface area (Å²) in [6.45, 7) is 1.19. The normalized spacial score (nSPS) is 8.92.